The highest BCUT2D eigenvalue weighted by Crippen LogP contribution is 2.23. The lowest BCUT2D eigenvalue weighted by Gasteiger charge is -2.08. The summed E-state index contributed by atoms with van der Waals surface area (Å²) >= 11 is 1.82. The van der Waals surface area contributed by atoms with Crippen LogP contribution in [-0.2, 0) is 6.54 Å². The van der Waals surface area contributed by atoms with E-state index in [1.807, 2.05) is 22.6 Å². The molecule has 1 aliphatic rings. The maximum absolute atomic E-state index is 4.01. The van der Waals surface area contributed by atoms with Crippen molar-refractivity contribution in [1.29, 1.82) is 0 Å². The van der Waals surface area contributed by atoms with E-state index in [0.29, 0.717) is 0 Å². The minimum absolute atomic E-state index is 0.890. The smallest absolute Gasteiger partial charge is 0.115 e. The standard InChI is InChI=1S/C11H15N3S/c1-2-14-11(8-12-13-14)15-9-10-6-4-3-5-7-10/h3-4,6,8H,2,5,7,9H2,1H3. The third-order valence-corrected chi connectivity index (χ3v) is 3.51. The molecule has 80 valence electrons. The molecule has 0 aliphatic heterocycles. The molecule has 1 aliphatic carbocycles. The van der Waals surface area contributed by atoms with Crippen LogP contribution in [0.1, 0.15) is 19.8 Å². The van der Waals surface area contributed by atoms with E-state index in [9.17, 15) is 0 Å². The van der Waals surface area contributed by atoms with Crippen molar-refractivity contribution < 1.29 is 0 Å². The van der Waals surface area contributed by atoms with Crippen LogP contribution < -0.4 is 0 Å². The minimum Gasteiger partial charge on any atom is -0.239 e. The Balaban J connectivity index is 1.92. The Hall–Kier alpha value is -1.03. The lowest BCUT2D eigenvalue weighted by atomic mass is 10.1. The van der Waals surface area contributed by atoms with Gasteiger partial charge in [0, 0.05) is 12.3 Å². The predicted octanol–water partition coefficient (Wildman–Crippen LogP) is 2.67. The van der Waals surface area contributed by atoms with Crippen LogP contribution in [-0.4, -0.2) is 20.7 Å². The molecule has 1 heterocycles. The number of nitrogens with zero attached hydrogens (tertiary/aromatic N) is 3. The molecule has 0 spiro atoms. The second-order valence-electron chi connectivity index (χ2n) is 3.47. The van der Waals surface area contributed by atoms with E-state index in [-0.39, 0.29) is 0 Å². The van der Waals surface area contributed by atoms with Crippen molar-refractivity contribution in [2.45, 2.75) is 31.3 Å². The number of thioether (sulfide) groups is 1. The third-order valence-electron chi connectivity index (χ3n) is 2.39. The Bertz CT molecular complexity index is 379. The molecule has 0 saturated heterocycles. The van der Waals surface area contributed by atoms with Gasteiger partial charge < -0.3 is 0 Å². The van der Waals surface area contributed by atoms with Gasteiger partial charge in [-0.1, -0.05) is 29.0 Å². The molecule has 0 bridgehead atoms. The number of rotatable bonds is 4. The quantitative estimate of drug-likeness (QED) is 0.732. The van der Waals surface area contributed by atoms with Crippen molar-refractivity contribution in [3.8, 4) is 0 Å². The van der Waals surface area contributed by atoms with Gasteiger partial charge in [0.05, 0.1) is 6.20 Å². The summed E-state index contributed by atoms with van der Waals surface area (Å²) in [5, 5.41) is 9.09. The second kappa shape index (κ2) is 5.16. The zero-order valence-electron chi connectivity index (χ0n) is 8.89. The van der Waals surface area contributed by atoms with Gasteiger partial charge in [0.1, 0.15) is 5.03 Å². The average Bonchev–Trinajstić information content (AvgIpc) is 2.75. The minimum atomic E-state index is 0.890. The monoisotopic (exact) mass is 221 g/mol. The Morgan fingerprint density at radius 3 is 3.20 bits per heavy atom. The molecular formula is C11H15N3S. The van der Waals surface area contributed by atoms with E-state index in [2.05, 4.69) is 35.5 Å². The molecule has 1 aromatic heterocycles. The molecule has 3 nitrogen and oxygen atoms in total. The van der Waals surface area contributed by atoms with Crippen molar-refractivity contribution in [2.24, 2.45) is 0 Å². The van der Waals surface area contributed by atoms with E-state index >= 15 is 0 Å². The van der Waals surface area contributed by atoms with E-state index < -0.39 is 0 Å². The van der Waals surface area contributed by atoms with Crippen LogP contribution in [0.2, 0.25) is 0 Å². The van der Waals surface area contributed by atoms with E-state index in [1.54, 1.807) is 0 Å². The molecule has 0 N–H and O–H groups in total. The van der Waals surface area contributed by atoms with Crippen LogP contribution in [0.4, 0.5) is 0 Å². The zero-order chi connectivity index (χ0) is 10.5. The highest BCUT2D eigenvalue weighted by molar-refractivity contribution is 7.99. The maximum Gasteiger partial charge on any atom is 0.115 e. The van der Waals surface area contributed by atoms with Crippen LogP contribution in [0.15, 0.2) is 35.0 Å². The van der Waals surface area contributed by atoms with Gasteiger partial charge in [-0.3, -0.25) is 0 Å². The molecule has 0 unspecified atom stereocenters. The molecule has 0 aromatic carbocycles. The van der Waals surface area contributed by atoms with Crippen molar-refractivity contribution in [2.75, 3.05) is 5.75 Å². The zero-order valence-corrected chi connectivity index (χ0v) is 9.70. The molecular weight excluding hydrogens is 206 g/mol. The molecule has 15 heavy (non-hydrogen) atoms. The summed E-state index contributed by atoms with van der Waals surface area (Å²) in [4.78, 5) is 0. The average molecular weight is 221 g/mol. The van der Waals surface area contributed by atoms with Gasteiger partial charge in [0.15, 0.2) is 0 Å². The van der Waals surface area contributed by atoms with Gasteiger partial charge in [-0.15, -0.1) is 16.9 Å². The summed E-state index contributed by atoms with van der Waals surface area (Å²) in [5.74, 6) is 1.05. The van der Waals surface area contributed by atoms with Crippen LogP contribution in [0.5, 0.6) is 0 Å². The van der Waals surface area contributed by atoms with E-state index in [1.165, 1.54) is 18.4 Å². The van der Waals surface area contributed by atoms with Crippen LogP contribution in [0.25, 0.3) is 0 Å². The fourth-order valence-electron chi connectivity index (χ4n) is 1.52. The van der Waals surface area contributed by atoms with Gasteiger partial charge in [-0.2, -0.15) is 0 Å². The predicted molar refractivity (Wildman–Crippen MR) is 62.9 cm³/mol. The number of aromatic nitrogens is 3. The van der Waals surface area contributed by atoms with Gasteiger partial charge in [-0.25, -0.2) is 4.68 Å². The van der Waals surface area contributed by atoms with Crippen LogP contribution >= 0.6 is 11.8 Å². The highest BCUT2D eigenvalue weighted by Gasteiger charge is 2.05. The van der Waals surface area contributed by atoms with Crippen LogP contribution in [0.3, 0.4) is 0 Å². The number of hydrogen-bond donors (Lipinski definition) is 0. The lowest BCUT2D eigenvalue weighted by molar-refractivity contribution is 0.583. The Kier molecular flexibility index (Phi) is 3.61. The number of hydrogen-bond acceptors (Lipinski definition) is 3. The fraction of sp³-hybridized carbons (Fsp3) is 0.455. The van der Waals surface area contributed by atoms with Gasteiger partial charge in [0.2, 0.25) is 0 Å². The molecule has 1 aromatic rings. The summed E-state index contributed by atoms with van der Waals surface area (Å²) in [7, 11) is 0. The summed E-state index contributed by atoms with van der Waals surface area (Å²) in [6, 6.07) is 0. The SMILES string of the molecule is CCn1nncc1SCC1=CC=CCC1. The number of allylic oxidation sites excluding steroid dienone is 3. The first-order chi connectivity index (χ1) is 7.40. The summed E-state index contributed by atoms with van der Waals surface area (Å²) in [6.07, 6.45) is 10.8. The second-order valence-corrected chi connectivity index (χ2v) is 4.46. The molecule has 4 heteroatoms. The topological polar surface area (TPSA) is 30.7 Å². The van der Waals surface area contributed by atoms with Crippen molar-refractivity contribution in [3.05, 3.63) is 30.0 Å². The largest absolute Gasteiger partial charge is 0.239 e. The number of aryl methyl sites for hydroxylation is 1. The normalized spacial score (nSPS) is 15.4. The van der Waals surface area contributed by atoms with Crippen LogP contribution in [0, 0.1) is 0 Å². The molecule has 0 radical (unpaired) electrons. The van der Waals surface area contributed by atoms with Gasteiger partial charge in [-0.05, 0) is 19.8 Å². The highest BCUT2D eigenvalue weighted by atomic mass is 32.2. The first kappa shape index (κ1) is 10.5. The third kappa shape index (κ3) is 2.72. The Labute approximate surface area is 94.2 Å². The van der Waals surface area contributed by atoms with Gasteiger partial charge in [0.25, 0.3) is 0 Å². The molecule has 0 saturated carbocycles. The summed E-state index contributed by atoms with van der Waals surface area (Å²) in [6.45, 7) is 2.97. The van der Waals surface area contributed by atoms with E-state index in [0.717, 1.165) is 17.3 Å². The van der Waals surface area contributed by atoms with Crippen molar-refractivity contribution in [1.82, 2.24) is 15.0 Å². The summed E-state index contributed by atoms with van der Waals surface area (Å²) in [5.41, 5.74) is 1.51. The Morgan fingerprint density at radius 2 is 2.47 bits per heavy atom. The molecule has 0 amide bonds. The Morgan fingerprint density at radius 1 is 1.53 bits per heavy atom. The lowest BCUT2D eigenvalue weighted by Crippen LogP contribution is -1.99. The maximum atomic E-state index is 4.01. The van der Waals surface area contributed by atoms with Crippen molar-refractivity contribution >= 4 is 11.8 Å². The molecule has 0 atom stereocenters. The molecule has 0 fully saturated rings. The van der Waals surface area contributed by atoms with Gasteiger partial charge >= 0.3 is 0 Å². The first-order valence-corrected chi connectivity index (χ1v) is 6.24. The first-order valence-electron chi connectivity index (χ1n) is 5.26. The molecule has 2 rings (SSSR count). The van der Waals surface area contributed by atoms with Crippen molar-refractivity contribution in [3.63, 3.8) is 0 Å². The van der Waals surface area contributed by atoms with E-state index in [4.69, 9.17) is 0 Å². The summed E-state index contributed by atoms with van der Waals surface area (Å²) < 4.78 is 1.93. The fourth-order valence-corrected chi connectivity index (χ4v) is 2.53.